The summed E-state index contributed by atoms with van der Waals surface area (Å²) in [5.41, 5.74) is 0.486. The van der Waals surface area contributed by atoms with Crippen molar-refractivity contribution in [3.8, 4) is 11.4 Å². The Labute approximate surface area is 161 Å². The Bertz CT molecular complexity index is 837. The number of aromatic amines is 1. The Hall–Kier alpha value is -2.72. The molecule has 0 saturated carbocycles. The molecule has 1 fully saturated rings. The second-order valence-electron chi connectivity index (χ2n) is 6.54. The van der Waals surface area contributed by atoms with Gasteiger partial charge in [0.1, 0.15) is 18.0 Å². The van der Waals surface area contributed by atoms with Gasteiger partial charge in [-0.05, 0) is 25.5 Å². The van der Waals surface area contributed by atoms with Crippen molar-refractivity contribution < 1.29 is 13.9 Å². The third kappa shape index (κ3) is 4.57. The van der Waals surface area contributed by atoms with Crippen molar-refractivity contribution in [1.82, 2.24) is 25.3 Å². The second-order valence-corrected chi connectivity index (χ2v) is 6.54. The molecule has 2 aromatic heterocycles. The quantitative estimate of drug-likeness (QED) is 0.535. The molecule has 10 heteroatoms. The van der Waals surface area contributed by atoms with E-state index in [9.17, 15) is 13.9 Å². The molecule has 3 heterocycles. The summed E-state index contributed by atoms with van der Waals surface area (Å²) < 4.78 is 24.8. The van der Waals surface area contributed by atoms with E-state index in [-0.39, 0.29) is 18.7 Å². The summed E-state index contributed by atoms with van der Waals surface area (Å²) in [6.07, 6.45) is 3.24. The lowest BCUT2D eigenvalue weighted by molar-refractivity contribution is 0.226. The molecule has 0 spiro atoms. The van der Waals surface area contributed by atoms with Crippen LogP contribution in [0.1, 0.15) is 19.2 Å². The predicted octanol–water partition coefficient (Wildman–Crippen LogP) is 1.71. The molecule has 4 N–H and O–H groups in total. The van der Waals surface area contributed by atoms with Crippen LogP contribution in [0, 0.1) is 5.41 Å². The van der Waals surface area contributed by atoms with Crippen LogP contribution in [0.4, 0.5) is 14.6 Å². The topological polar surface area (TPSA) is 114 Å². The highest BCUT2D eigenvalue weighted by Gasteiger charge is 2.28. The van der Waals surface area contributed by atoms with Gasteiger partial charge < -0.3 is 20.3 Å². The summed E-state index contributed by atoms with van der Waals surface area (Å²) >= 11 is 0. The SMILES string of the molecule is CC1C(CCO)NCCN1c1cc(-c2cnc(/C=C\C(=N)C(F)F)[nH]2)ncn1. The van der Waals surface area contributed by atoms with Gasteiger partial charge in [-0.3, -0.25) is 5.41 Å². The molecule has 0 aliphatic carbocycles. The van der Waals surface area contributed by atoms with Crippen LogP contribution in [0.15, 0.2) is 24.7 Å². The van der Waals surface area contributed by atoms with E-state index in [0.29, 0.717) is 23.6 Å². The smallest absolute Gasteiger partial charge is 0.279 e. The number of nitrogens with one attached hydrogen (secondary N) is 3. The van der Waals surface area contributed by atoms with Gasteiger partial charge in [-0.25, -0.2) is 23.7 Å². The molecule has 0 aromatic carbocycles. The number of allylic oxidation sites excluding steroid dienone is 1. The van der Waals surface area contributed by atoms with Crippen LogP contribution in [0.2, 0.25) is 0 Å². The van der Waals surface area contributed by atoms with Crippen molar-refractivity contribution in [3.05, 3.63) is 30.5 Å². The summed E-state index contributed by atoms with van der Waals surface area (Å²) in [5.74, 6) is 1.13. The number of rotatable bonds is 7. The number of H-pyrrole nitrogens is 1. The minimum Gasteiger partial charge on any atom is -0.396 e. The number of anilines is 1. The minimum atomic E-state index is -2.81. The molecule has 0 radical (unpaired) electrons. The number of alkyl halides is 2. The number of nitrogens with zero attached hydrogens (tertiary/aromatic N) is 4. The summed E-state index contributed by atoms with van der Waals surface area (Å²) in [7, 11) is 0. The van der Waals surface area contributed by atoms with E-state index in [4.69, 9.17) is 5.41 Å². The fraction of sp³-hybridized carbons (Fsp3) is 0.444. The average Bonchev–Trinajstić information content (AvgIpc) is 3.17. The molecule has 0 bridgehead atoms. The third-order valence-corrected chi connectivity index (χ3v) is 4.75. The molecule has 150 valence electrons. The number of piperazine rings is 1. The molecule has 3 rings (SSSR count). The standard InChI is InChI=1S/C18H23F2N7O/c1-11-13(4-7-28)22-5-6-27(11)17-8-14(24-10-25-17)15-9-23-16(26-15)3-2-12(21)18(19)20/h2-3,8-11,13,18,21-22,28H,4-7H2,1H3,(H,23,26)/b3-2-,21-12?. The van der Waals surface area contributed by atoms with Gasteiger partial charge in [-0.15, -0.1) is 0 Å². The Kier molecular flexibility index (Phi) is 6.42. The van der Waals surface area contributed by atoms with Crippen LogP contribution in [0.5, 0.6) is 0 Å². The average molecular weight is 391 g/mol. The van der Waals surface area contributed by atoms with Crippen molar-refractivity contribution >= 4 is 17.6 Å². The molecule has 0 amide bonds. The van der Waals surface area contributed by atoms with Gasteiger partial charge in [0.25, 0.3) is 6.43 Å². The highest BCUT2D eigenvalue weighted by atomic mass is 19.3. The summed E-state index contributed by atoms with van der Waals surface area (Å²) in [6.45, 7) is 3.79. The Morgan fingerprint density at radius 3 is 3.00 bits per heavy atom. The number of halogens is 2. The highest BCUT2D eigenvalue weighted by Crippen LogP contribution is 2.23. The summed E-state index contributed by atoms with van der Waals surface area (Å²) in [4.78, 5) is 17.9. The largest absolute Gasteiger partial charge is 0.396 e. The van der Waals surface area contributed by atoms with Crippen LogP contribution >= 0.6 is 0 Å². The third-order valence-electron chi connectivity index (χ3n) is 4.75. The maximum Gasteiger partial charge on any atom is 0.279 e. The molecular formula is C18H23F2N7O. The first-order valence-electron chi connectivity index (χ1n) is 9.02. The van der Waals surface area contributed by atoms with Crippen LogP contribution in [-0.2, 0) is 0 Å². The molecule has 1 saturated heterocycles. The zero-order chi connectivity index (χ0) is 20.1. The number of aliphatic hydroxyl groups excluding tert-OH is 1. The van der Waals surface area contributed by atoms with Crippen molar-refractivity contribution in [1.29, 1.82) is 5.41 Å². The lowest BCUT2D eigenvalue weighted by Crippen LogP contribution is -2.57. The van der Waals surface area contributed by atoms with Gasteiger partial charge in [0.2, 0.25) is 0 Å². The highest BCUT2D eigenvalue weighted by molar-refractivity contribution is 5.97. The monoisotopic (exact) mass is 391 g/mol. The van der Waals surface area contributed by atoms with Crippen molar-refractivity contribution in [2.24, 2.45) is 0 Å². The van der Waals surface area contributed by atoms with Crippen molar-refractivity contribution in [3.63, 3.8) is 0 Å². The van der Waals surface area contributed by atoms with E-state index in [1.165, 1.54) is 12.4 Å². The lowest BCUT2D eigenvalue weighted by Gasteiger charge is -2.40. The summed E-state index contributed by atoms with van der Waals surface area (Å²) in [6, 6.07) is 2.18. The lowest BCUT2D eigenvalue weighted by atomic mass is 10.0. The first-order valence-corrected chi connectivity index (χ1v) is 9.02. The minimum absolute atomic E-state index is 0.123. The number of imidazole rings is 1. The van der Waals surface area contributed by atoms with Gasteiger partial charge in [0.15, 0.2) is 0 Å². The van der Waals surface area contributed by atoms with E-state index in [1.54, 1.807) is 6.20 Å². The van der Waals surface area contributed by atoms with E-state index >= 15 is 0 Å². The van der Waals surface area contributed by atoms with E-state index in [0.717, 1.165) is 25.0 Å². The molecule has 8 nitrogen and oxygen atoms in total. The van der Waals surface area contributed by atoms with E-state index in [2.05, 4.69) is 37.1 Å². The predicted molar refractivity (Wildman–Crippen MR) is 103 cm³/mol. The van der Waals surface area contributed by atoms with Crippen LogP contribution in [0.3, 0.4) is 0 Å². The van der Waals surface area contributed by atoms with Crippen LogP contribution in [-0.4, -0.2) is 69.0 Å². The number of aromatic nitrogens is 4. The Morgan fingerprint density at radius 2 is 2.25 bits per heavy atom. The van der Waals surface area contributed by atoms with Crippen LogP contribution in [0.25, 0.3) is 17.5 Å². The van der Waals surface area contributed by atoms with Crippen LogP contribution < -0.4 is 10.2 Å². The number of hydrogen-bond donors (Lipinski definition) is 4. The van der Waals surface area contributed by atoms with Crippen molar-refractivity contribution in [2.75, 3.05) is 24.6 Å². The number of hydrogen-bond acceptors (Lipinski definition) is 7. The normalized spacial score (nSPS) is 20.2. The Morgan fingerprint density at radius 1 is 1.43 bits per heavy atom. The van der Waals surface area contributed by atoms with Gasteiger partial charge in [-0.1, -0.05) is 0 Å². The fourth-order valence-electron chi connectivity index (χ4n) is 3.21. The van der Waals surface area contributed by atoms with Gasteiger partial charge in [0.05, 0.1) is 23.3 Å². The maximum atomic E-state index is 12.4. The molecule has 2 aromatic rings. The maximum absolute atomic E-state index is 12.4. The molecular weight excluding hydrogens is 368 g/mol. The zero-order valence-electron chi connectivity index (χ0n) is 15.4. The second kappa shape index (κ2) is 8.98. The summed E-state index contributed by atoms with van der Waals surface area (Å²) in [5, 5.41) is 19.8. The zero-order valence-corrected chi connectivity index (χ0v) is 15.4. The number of aliphatic hydroxyl groups is 1. The fourth-order valence-corrected chi connectivity index (χ4v) is 3.21. The first-order chi connectivity index (χ1) is 13.5. The first kappa shape index (κ1) is 20.0. The molecule has 1 aliphatic heterocycles. The molecule has 28 heavy (non-hydrogen) atoms. The van der Waals surface area contributed by atoms with Crippen molar-refractivity contribution in [2.45, 2.75) is 31.9 Å². The molecule has 1 aliphatic rings. The van der Waals surface area contributed by atoms with E-state index < -0.39 is 12.1 Å². The van der Waals surface area contributed by atoms with Gasteiger partial charge >= 0.3 is 0 Å². The molecule has 2 atom stereocenters. The van der Waals surface area contributed by atoms with Gasteiger partial charge in [-0.2, -0.15) is 0 Å². The van der Waals surface area contributed by atoms with E-state index in [1.807, 2.05) is 6.07 Å². The van der Waals surface area contributed by atoms with Gasteiger partial charge in [0, 0.05) is 37.8 Å². The Balaban J connectivity index is 1.77. The molecule has 2 unspecified atom stereocenters.